The summed E-state index contributed by atoms with van der Waals surface area (Å²) in [7, 11) is -2.73. The van der Waals surface area contributed by atoms with Gasteiger partial charge in [0.25, 0.3) is 0 Å². The summed E-state index contributed by atoms with van der Waals surface area (Å²) in [6, 6.07) is 9.24. The lowest BCUT2D eigenvalue weighted by atomic mass is 9.68. The van der Waals surface area contributed by atoms with Crippen molar-refractivity contribution >= 4 is 20.4 Å². The second-order valence-electron chi connectivity index (χ2n) is 22.7. The lowest BCUT2D eigenvalue weighted by Crippen LogP contribution is -2.29. The van der Waals surface area contributed by atoms with E-state index in [-0.39, 0.29) is 43.3 Å². The number of halogens is 1. The van der Waals surface area contributed by atoms with E-state index < -0.39 is 8.69 Å². The first kappa shape index (κ1) is 42.2. The molecular formula is C44H72FO2PS. The van der Waals surface area contributed by atoms with Crippen LogP contribution >= 0.6 is 20.4 Å². The van der Waals surface area contributed by atoms with Crippen LogP contribution in [0.5, 0.6) is 11.5 Å². The van der Waals surface area contributed by atoms with Gasteiger partial charge in [-0.2, -0.15) is 0 Å². The van der Waals surface area contributed by atoms with Crippen LogP contribution in [0.15, 0.2) is 34.1 Å². The summed E-state index contributed by atoms with van der Waals surface area (Å²) >= 11 is 1.71. The molecule has 0 saturated heterocycles. The van der Waals surface area contributed by atoms with Crippen molar-refractivity contribution in [2.75, 3.05) is 0 Å². The molecule has 0 radical (unpaired) electrons. The summed E-state index contributed by atoms with van der Waals surface area (Å²) in [5.74, 6) is 1.28. The van der Waals surface area contributed by atoms with Gasteiger partial charge in [0.2, 0.25) is 0 Å². The van der Waals surface area contributed by atoms with Crippen LogP contribution in [0.1, 0.15) is 186 Å². The Balaban J connectivity index is 2.46. The molecule has 0 fully saturated rings. The molecule has 0 bridgehead atoms. The van der Waals surface area contributed by atoms with Gasteiger partial charge in [0.1, 0.15) is 11.5 Å². The Morgan fingerprint density at radius 3 is 0.980 bits per heavy atom. The van der Waals surface area contributed by atoms with Crippen molar-refractivity contribution in [2.24, 2.45) is 21.7 Å². The SMILES string of the molecule is CC(C)(C)CC(C)(C)c1cc2c(c(C(C)(C)CC(C)(C)C)c1)OP(F)Oc1c(cc(C(C)(C)CC(C)(C)C)cc1C(C)(C)CC(C)(C)C)S2. The van der Waals surface area contributed by atoms with Gasteiger partial charge in [-0.1, -0.05) is 162 Å². The fourth-order valence-corrected chi connectivity index (χ4v) is 11.2. The normalized spacial score (nSPS) is 15.9. The summed E-state index contributed by atoms with van der Waals surface area (Å²) in [5, 5.41) is 0. The van der Waals surface area contributed by atoms with Crippen molar-refractivity contribution in [1.82, 2.24) is 0 Å². The van der Waals surface area contributed by atoms with Crippen molar-refractivity contribution in [1.29, 1.82) is 0 Å². The van der Waals surface area contributed by atoms with Gasteiger partial charge in [0.05, 0.1) is 9.79 Å². The molecule has 0 unspecified atom stereocenters. The Kier molecular flexibility index (Phi) is 11.7. The first-order chi connectivity index (χ1) is 21.6. The number of rotatable bonds is 8. The van der Waals surface area contributed by atoms with Crippen LogP contribution in [0.4, 0.5) is 4.20 Å². The first-order valence-electron chi connectivity index (χ1n) is 18.5. The van der Waals surface area contributed by atoms with E-state index in [1.165, 1.54) is 11.1 Å². The molecule has 0 spiro atoms. The molecule has 2 nitrogen and oxygen atoms in total. The number of hydrogen-bond donors (Lipinski definition) is 0. The third-order valence-electron chi connectivity index (χ3n) is 9.57. The second kappa shape index (κ2) is 13.6. The largest absolute Gasteiger partial charge is 0.505 e. The topological polar surface area (TPSA) is 18.5 Å². The zero-order valence-corrected chi connectivity index (χ0v) is 36.9. The number of hydrogen-bond acceptors (Lipinski definition) is 3. The molecule has 2 aromatic rings. The van der Waals surface area contributed by atoms with E-state index in [9.17, 15) is 0 Å². The Morgan fingerprint density at radius 1 is 0.449 bits per heavy atom. The Labute approximate surface area is 307 Å². The van der Waals surface area contributed by atoms with Crippen molar-refractivity contribution in [3.63, 3.8) is 0 Å². The minimum absolute atomic E-state index is 0.0761. The summed E-state index contributed by atoms with van der Waals surface area (Å²) in [4.78, 5) is 1.97. The van der Waals surface area contributed by atoms with Gasteiger partial charge in [-0.25, -0.2) is 0 Å². The van der Waals surface area contributed by atoms with E-state index in [0.717, 1.165) is 46.6 Å². The standard InChI is InChI=1S/C44H72FO2PS/c1-37(2,3)25-41(13,14)29-21-31(43(17,18)27-39(7,8)9)35-33(23-29)49-34-24-30(42(15,16)26-38(4,5)6)22-32(36(34)47-48(45)46-35)44(19,20)28-40(10,11)12/h21-24H,25-28H2,1-20H3. The minimum atomic E-state index is -2.73. The summed E-state index contributed by atoms with van der Waals surface area (Å²) in [6.45, 7) is 46.2. The van der Waals surface area contributed by atoms with E-state index in [0.29, 0.717) is 11.5 Å². The lowest BCUT2D eigenvalue weighted by Gasteiger charge is -2.39. The molecule has 0 aliphatic carbocycles. The highest BCUT2D eigenvalue weighted by molar-refractivity contribution is 7.99. The Bertz CT molecular complexity index is 1380. The monoisotopic (exact) mass is 714 g/mol. The molecular weight excluding hydrogens is 643 g/mol. The molecule has 1 heterocycles. The highest BCUT2D eigenvalue weighted by Crippen LogP contribution is 2.59. The Hall–Kier alpha value is -1.25. The predicted octanol–water partition coefficient (Wildman–Crippen LogP) is 15.7. The molecule has 3 rings (SSSR count). The number of fused-ring (bicyclic) bond motifs is 2. The molecule has 1 aliphatic rings. The molecule has 2 aromatic carbocycles. The van der Waals surface area contributed by atoms with Crippen molar-refractivity contribution in [3.05, 3.63) is 46.5 Å². The van der Waals surface area contributed by atoms with E-state index in [1.807, 2.05) is 0 Å². The third kappa shape index (κ3) is 11.4. The average molecular weight is 715 g/mol. The minimum Gasteiger partial charge on any atom is -0.413 e. The van der Waals surface area contributed by atoms with Gasteiger partial charge in [-0.3, -0.25) is 0 Å². The summed E-state index contributed by atoms with van der Waals surface area (Å²) in [6.07, 6.45) is 3.91. The van der Waals surface area contributed by atoms with Crippen LogP contribution in [-0.4, -0.2) is 0 Å². The van der Waals surface area contributed by atoms with Crippen molar-refractivity contribution < 1.29 is 13.2 Å². The third-order valence-corrected chi connectivity index (χ3v) is 11.3. The van der Waals surface area contributed by atoms with Crippen LogP contribution in [0, 0.1) is 21.7 Å². The molecule has 49 heavy (non-hydrogen) atoms. The lowest BCUT2D eigenvalue weighted by molar-refractivity contribution is 0.274. The van der Waals surface area contributed by atoms with Crippen LogP contribution in [0.3, 0.4) is 0 Å². The quantitative estimate of drug-likeness (QED) is 0.254. The van der Waals surface area contributed by atoms with Gasteiger partial charge in [-0.15, -0.1) is 4.20 Å². The van der Waals surface area contributed by atoms with E-state index in [2.05, 4.69) is 163 Å². The van der Waals surface area contributed by atoms with Gasteiger partial charge in [-0.05, 0) is 92.3 Å². The maximum Gasteiger partial charge on any atom is 0.505 e. The molecule has 0 N–H and O–H groups in total. The molecule has 0 amide bonds. The molecule has 0 atom stereocenters. The first-order valence-corrected chi connectivity index (χ1v) is 20.4. The predicted molar refractivity (Wildman–Crippen MR) is 215 cm³/mol. The highest BCUT2D eigenvalue weighted by atomic mass is 32.2. The van der Waals surface area contributed by atoms with E-state index in [1.54, 1.807) is 11.8 Å². The van der Waals surface area contributed by atoms with E-state index >= 15 is 4.20 Å². The summed E-state index contributed by atoms with van der Waals surface area (Å²) in [5.41, 5.74) is 4.42. The summed E-state index contributed by atoms with van der Waals surface area (Å²) < 4.78 is 29.3. The second-order valence-corrected chi connectivity index (χ2v) is 24.6. The van der Waals surface area contributed by atoms with Crippen LogP contribution in [-0.2, 0) is 21.7 Å². The van der Waals surface area contributed by atoms with Crippen molar-refractivity contribution in [3.8, 4) is 11.5 Å². The van der Waals surface area contributed by atoms with Gasteiger partial charge in [0, 0.05) is 11.1 Å². The zero-order chi connectivity index (χ0) is 38.0. The van der Waals surface area contributed by atoms with Crippen LogP contribution < -0.4 is 9.05 Å². The fourth-order valence-electron chi connectivity index (χ4n) is 9.31. The average Bonchev–Trinajstić information content (AvgIpc) is 2.78. The molecule has 5 heteroatoms. The molecule has 278 valence electrons. The van der Waals surface area contributed by atoms with E-state index in [4.69, 9.17) is 9.05 Å². The smallest absolute Gasteiger partial charge is 0.413 e. The van der Waals surface area contributed by atoms with Crippen LogP contribution in [0.2, 0.25) is 0 Å². The van der Waals surface area contributed by atoms with Gasteiger partial charge >= 0.3 is 8.69 Å². The fraction of sp³-hybridized carbons (Fsp3) is 0.727. The highest BCUT2D eigenvalue weighted by Gasteiger charge is 2.40. The van der Waals surface area contributed by atoms with Crippen LogP contribution in [0.25, 0.3) is 0 Å². The zero-order valence-electron chi connectivity index (χ0n) is 35.2. The molecule has 0 aromatic heterocycles. The maximum absolute atomic E-state index is 16.5. The van der Waals surface area contributed by atoms with Gasteiger partial charge in [0.15, 0.2) is 0 Å². The Morgan fingerprint density at radius 2 is 0.714 bits per heavy atom. The van der Waals surface area contributed by atoms with Gasteiger partial charge < -0.3 is 9.05 Å². The maximum atomic E-state index is 16.5. The molecule has 0 saturated carbocycles. The molecule has 1 aliphatic heterocycles. The number of benzene rings is 2. The van der Waals surface area contributed by atoms with Crippen molar-refractivity contribution in [2.45, 2.75) is 196 Å².